The Kier molecular flexibility index (Phi) is 4.94. The fourth-order valence-electron chi connectivity index (χ4n) is 3.88. The molecular weight excluding hydrogens is 338 g/mol. The first-order valence-electron chi connectivity index (χ1n) is 9.45. The van der Waals surface area contributed by atoms with Gasteiger partial charge >= 0.3 is 0 Å². The number of hydrogen-bond acceptors (Lipinski definition) is 4. The lowest BCUT2D eigenvalue weighted by Gasteiger charge is -2.32. The van der Waals surface area contributed by atoms with Crippen molar-refractivity contribution in [1.29, 1.82) is 0 Å². The summed E-state index contributed by atoms with van der Waals surface area (Å²) >= 11 is 0. The molecule has 0 saturated carbocycles. The van der Waals surface area contributed by atoms with E-state index < -0.39 is 0 Å². The summed E-state index contributed by atoms with van der Waals surface area (Å²) < 4.78 is 7.07. The number of rotatable bonds is 4. The normalized spacial score (nSPS) is 15.9. The summed E-state index contributed by atoms with van der Waals surface area (Å²) in [5.74, 6) is 1.29. The van der Waals surface area contributed by atoms with Crippen molar-refractivity contribution in [1.82, 2.24) is 14.5 Å². The minimum atomic E-state index is 0.0734. The Labute approximate surface area is 159 Å². The van der Waals surface area contributed by atoms with Crippen LogP contribution in [0.15, 0.2) is 53.5 Å². The summed E-state index contributed by atoms with van der Waals surface area (Å²) in [7, 11) is 3.48. The molecular formula is C22H25N3O2. The molecule has 1 aliphatic heterocycles. The van der Waals surface area contributed by atoms with E-state index in [0.717, 1.165) is 54.8 Å². The predicted molar refractivity (Wildman–Crippen MR) is 107 cm³/mol. The van der Waals surface area contributed by atoms with Gasteiger partial charge in [0.25, 0.3) is 5.56 Å². The number of benzene rings is 1. The van der Waals surface area contributed by atoms with E-state index in [1.165, 1.54) is 5.56 Å². The Hall–Kier alpha value is -2.66. The van der Waals surface area contributed by atoms with Crippen molar-refractivity contribution in [2.24, 2.45) is 7.05 Å². The van der Waals surface area contributed by atoms with Gasteiger partial charge in [-0.3, -0.25) is 9.69 Å². The maximum atomic E-state index is 11.9. The number of hydrogen-bond donors (Lipinski definition) is 0. The van der Waals surface area contributed by atoms with Crippen LogP contribution in [-0.2, 0) is 13.6 Å². The molecule has 1 aliphatic rings. The molecule has 4 rings (SSSR count). The van der Waals surface area contributed by atoms with Crippen LogP contribution < -0.4 is 10.3 Å². The molecule has 3 heterocycles. The highest BCUT2D eigenvalue weighted by atomic mass is 16.5. The van der Waals surface area contributed by atoms with Crippen molar-refractivity contribution in [3.8, 4) is 5.75 Å². The zero-order chi connectivity index (χ0) is 18.8. The number of aromatic nitrogens is 2. The van der Waals surface area contributed by atoms with Crippen molar-refractivity contribution in [3.63, 3.8) is 0 Å². The Bertz CT molecular complexity index is 1000. The number of ether oxygens (including phenoxy) is 1. The van der Waals surface area contributed by atoms with Gasteiger partial charge in [-0.25, -0.2) is 4.98 Å². The number of fused-ring (bicyclic) bond motifs is 1. The maximum Gasteiger partial charge on any atom is 0.250 e. The predicted octanol–water partition coefficient (Wildman–Crippen LogP) is 3.32. The largest absolute Gasteiger partial charge is 0.494 e. The van der Waals surface area contributed by atoms with Gasteiger partial charge in [0.1, 0.15) is 11.3 Å². The lowest BCUT2D eigenvalue weighted by Crippen LogP contribution is -2.33. The molecule has 1 aromatic carbocycles. The zero-order valence-electron chi connectivity index (χ0n) is 15.9. The summed E-state index contributed by atoms with van der Waals surface area (Å²) in [6, 6.07) is 14.1. The highest BCUT2D eigenvalue weighted by Gasteiger charge is 2.21. The monoisotopic (exact) mass is 363 g/mol. The molecule has 0 spiro atoms. The fraction of sp³-hybridized carbons (Fsp3) is 0.364. The van der Waals surface area contributed by atoms with Crippen LogP contribution in [0.5, 0.6) is 5.75 Å². The quantitative estimate of drug-likeness (QED) is 0.713. The molecule has 5 nitrogen and oxygen atoms in total. The number of methoxy groups -OCH3 is 1. The molecule has 1 saturated heterocycles. The van der Waals surface area contributed by atoms with E-state index in [2.05, 4.69) is 29.2 Å². The molecule has 2 aromatic heterocycles. The van der Waals surface area contributed by atoms with Gasteiger partial charge in [0.15, 0.2) is 0 Å². The standard InChI is InChI=1S/C22H25N3O2/c1-24-11-8-18(14-21(24)26)16-9-12-25(13-10-16)15-19-7-6-17-4-3-5-20(27-2)22(17)23-19/h3-8,11,14,16H,9-10,12-13,15H2,1-2H3. The molecule has 140 valence electrons. The molecule has 0 atom stereocenters. The maximum absolute atomic E-state index is 11.9. The number of likely N-dealkylation sites (tertiary alicyclic amines) is 1. The third kappa shape index (κ3) is 3.74. The molecule has 27 heavy (non-hydrogen) atoms. The van der Waals surface area contributed by atoms with Crippen LogP contribution in [0.3, 0.4) is 0 Å². The van der Waals surface area contributed by atoms with Gasteiger partial charge in [-0.2, -0.15) is 0 Å². The summed E-state index contributed by atoms with van der Waals surface area (Å²) in [5, 5.41) is 1.10. The van der Waals surface area contributed by atoms with Crippen molar-refractivity contribution < 1.29 is 4.74 Å². The third-order valence-electron chi connectivity index (χ3n) is 5.53. The first-order chi connectivity index (χ1) is 13.1. The number of piperidine rings is 1. The fourth-order valence-corrected chi connectivity index (χ4v) is 3.88. The molecule has 0 unspecified atom stereocenters. The SMILES string of the molecule is COc1cccc2ccc(CN3CCC(c4ccn(C)c(=O)c4)CC3)nc12. The van der Waals surface area contributed by atoms with E-state index in [4.69, 9.17) is 9.72 Å². The van der Waals surface area contributed by atoms with Crippen molar-refractivity contribution in [2.45, 2.75) is 25.3 Å². The molecule has 0 radical (unpaired) electrons. The van der Waals surface area contributed by atoms with Gasteiger partial charge in [0, 0.05) is 31.2 Å². The van der Waals surface area contributed by atoms with E-state index in [0.29, 0.717) is 5.92 Å². The van der Waals surface area contributed by atoms with Crippen LogP contribution in [-0.4, -0.2) is 34.7 Å². The number of para-hydroxylation sites is 1. The van der Waals surface area contributed by atoms with E-state index in [1.807, 2.05) is 18.3 Å². The second-order valence-electron chi connectivity index (χ2n) is 7.29. The highest BCUT2D eigenvalue weighted by molar-refractivity contribution is 5.84. The zero-order valence-corrected chi connectivity index (χ0v) is 15.9. The molecule has 0 amide bonds. The topological polar surface area (TPSA) is 47.4 Å². The van der Waals surface area contributed by atoms with Crippen LogP contribution in [0.2, 0.25) is 0 Å². The molecule has 0 N–H and O–H groups in total. The molecule has 5 heteroatoms. The van der Waals surface area contributed by atoms with Gasteiger partial charge < -0.3 is 9.30 Å². The van der Waals surface area contributed by atoms with Gasteiger partial charge in [0.05, 0.1) is 12.8 Å². The van der Waals surface area contributed by atoms with Crippen LogP contribution >= 0.6 is 0 Å². The lowest BCUT2D eigenvalue weighted by molar-refractivity contribution is 0.202. The van der Waals surface area contributed by atoms with Crippen LogP contribution in [0.25, 0.3) is 10.9 Å². The van der Waals surface area contributed by atoms with Crippen molar-refractivity contribution in [3.05, 3.63) is 70.3 Å². The summed E-state index contributed by atoms with van der Waals surface area (Å²) in [5.41, 5.74) is 3.24. The van der Waals surface area contributed by atoms with Gasteiger partial charge in [-0.1, -0.05) is 18.2 Å². The summed E-state index contributed by atoms with van der Waals surface area (Å²) in [6.07, 6.45) is 4.02. The first kappa shape index (κ1) is 17.7. The second kappa shape index (κ2) is 7.53. The van der Waals surface area contributed by atoms with E-state index in [9.17, 15) is 4.79 Å². The number of nitrogens with zero attached hydrogens (tertiary/aromatic N) is 3. The average molecular weight is 363 g/mol. The van der Waals surface area contributed by atoms with E-state index in [-0.39, 0.29) is 5.56 Å². The number of pyridine rings is 2. The van der Waals surface area contributed by atoms with Crippen LogP contribution in [0.1, 0.15) is 30.0 Å². The Morgan fingerprint density at radius 1 is 1.15 bits per heavy atom. The van der Waals surface area contributed by atoms with Crippen molar-refractivity contribution in [2.75, 3.05) is 20.2 Å². The van der Waals surface area contributed by atoms with E-state index in [1.54, 1.807) is 24.8 Å². The Balaban J connectivity index is 1.44. The molecule has 3 aromatic rings. The molecule has 0 aliphatic carbocycles. The van der Waals surface area contributed by atoms with Gasteiger partial charge in [-0.15, -0.1) is 0 Å². The van der Waals surface area contributed by atoms with Gasteiger partial charge in [0.2, 0.25) is 0 Å². The highest BCUT2D eigenvalue weighted by Crippen LogP contribution is 2.28. The number of aryl methyl sites for hydroxylation is 1. The lowest BCUT2D eigenvalue weighted by atomic mass is 9.90. The van der Waals surface area contributed by atoms with Crippen LogP contribution in [0, 0.1) is 0 Å². The first-order valence-corrected chi connectivity index (χ1v) is 9.45. The minimum Gasteiger partial charge on any atom is -0.494 e. The summed E-state index contributed by atoms with van der Waals surface area (Å²) in [6.45, 7) is 2.88. The Morgan fingerprint density at radius 2 is 1.96 bits per heavy atom. The third-order valence-corrected chi connectivity index (χ3v) is 5.53. The van der Waals surface area contributed by atoms with E-state index >= 15 is 0 Å². The Morgan fingerprint density at radius 3 is 2.70 bits per heavy atom. The minimum absolute atomic E-state index is 0.0734. The summed E-state index contributed by atoms with van der Waals surface area (Å²) in [4.78, 5) is 19.2. The molecule has 1 fully saturated rings. The van der Waals surface area contributed by atoms with Gasteiger partial charge in [-0.05, 0) is 55.6 Å². The second-order valence-corrected chi connectivity index (χ2v) is 7.29. The smallest absolute Gasteiger partial charge is 0.250 e. The van der Waals surface area contributed by atoms with Crippen molar-refractivity contribution >= 4 is 10.9 Å². The average Bonchev–Trinajstić information content (AvgIpc) is 2.70. The van der Waals surface area contributed by atoms with Crippen LogP contribution in [0.4, 0.5) is 0 Å². The molecule has 0 bridgehead atoms.